The summed E-state index contributed by atoms with van der Waals surface area (Å²) >= 11 is 0. The number of pyridine rings is 1. The van der Waals surface area contributed by atoms with Crippen molar-refractivity contribution in [2.45, 2.75) is 25.2 Å². The van der Waals surface area contributed by atoms with E-state index in [2.05, 4.69) is 10.1 Å². The predicted octanol–water partition coefficient (Wildman–Crippen LogP) is 1.66. The summed E-state index contributed by atoms with van der Waals surface area (Å²) in [4.78, 5) is 4.32. The lowest BCUT2D eigenvalue weighted by Gasteiger charge is -2.08. The van der Waals surface area contributed by atoms with E-state index in [0.29, 0.717) is 5.92 Å². The summed E-state index contributed by atoms with van der Waals surface area (Å²) in [6.07, 6.45) is 5.16. The van der Waals surface area contributed by atoms with Crippen LogP contribution in [0.2, 0.25) is 0 Å². The van der Waals surface area contributed by atoms with Gasteiger partial charge in [-0.3, -0.25) is 4.98 Å². The number of aromatic nitrogens is 1. The van der Waals surface area contributed by atoms with E-state index >= 15 is 0 Å². The Labute approximate surface area is 77.7 Å². The Morgan fingerprint density at radius 3 is 3.08 bits per heavy atom. The zero-order valence-electron chi connectivity index (χ0n) is 7.48. The van der Waals surface area contributed by atoms with Crippen molar-refractivity contribution in [2.24, 2.45) is 10.9 Å². The molecule has 1 atom stereocenters. The first-order valence-electron chi connectivity index (χ1n) is 4.59. The van der Waals surface area contributed by atoms with Gasteiger partial charge in [-0.2, -0.15) is 5.10 Å². The fourth-order valence-corrected chi connectivity index (χ4v) is 1.88. The van der Waals surface area contributed by atoms with Gasteiger partial charge in [-0.1, -0.05) is 6.07 Å². The van der Waals surface area contributed by atoms with Crippen molar-refractivity contribution < 1.29 is 0 Å². The third-order valence-electron chi connectivity index (χ3n) is 2.54. The van der Waals surface area contributed by atoms with Gasteiger partial charge in [-0.25, -0.2) is 0 Å². The topological polar surface area (TPSA) is 51.3 Å². The molecule has 2 N–H and O–H groups in total. The lowest BCUT2D eigenvalue weighted by Crippen LogP contribution is -2.08. The van der Waals surface area contributed by atoms with E-state index in [1.165, 1.54) is 6.42 Å². The minimum Gasteiger partial charge on any atom is -0.323 e. The van der Waals surface area contributed by atoms with Gasteiger partial charge in [0.25, 0.3) is 0 Å². The van der Waals surface area contributed by atoms with Crippen LogP contribution in [-0.2, 0) is 0 Å². The van der Waals surface area contributed by atoms with Crippen LogP contribution in [0, 0.1) is 0 Å². The maximum atomic E-state index is 5.32. The van der Waals surface area contributed by atoms with Crippen LogP contribution in [-0.4, -0.2) is 10.7 Å². The summed E-state index contributed by atoms with van der Waals surface area (Å²) in [6, 6.07) is 5.98. The summed E-state index contributed by atoms with van der Waals surface area (Å²) in [5, 5.41) is 3.82. The van der Waals surface area contributed by atoms with Crippen LogP contribution < -0.4 is 5.84 Å². The zero-order valence-corrected chi connectivity index (χ0v) is 7.48. The number of hydrogen-bond donors (Lipinski definition) is 1. The molecule has 1 aromatic rings. The Hall–Kier alpha value is -1.38. The van der Waals surface area contributed by atoms with Gasteiger partial charge in [0.15, 0.2) is 0 Å². The number of hydrazone groups is 1. The molecule has 0 aromatic carbocycles. The van der Waals surface area contributed by atoms with Gasteiger partial charge in [-0.15, -0.1) is 0 Å². The first-order chi connectivity index (χ1) is 6.42. The van der Waals surface area contributed by atoms with Crippen molar-refractivity contribution >= 4 is 5.71 Å². The van der Waals surface area contributed by atoms with Crippen molar-refractivity contribution in [1.29, 1.82) is 0 Å². The normalized spacial score (nSPS) is 25.2. The van der Waals surface area contributed by atoms with E-state index in [4.69, 9.17) is 5.84 Å². The van der Waals surface area contributed by atoms with E-state index in [1.54, 1.807) is 0 Å². The van der Waals surface area contributed by atoms with Crippen molar-refractivity contribution in [1.82, 2.24) is 4.98 Å². The van der Waals surface area contributed by atoms with Gasteiger partial charge in [0, 0.05) is 23.5 Å². The quantitative estimate of drug-likeness (QED) is 0.521. The van der Waals surface area contributed by atoms with Gasteiger partial charge in [-0.05, 0) is 31.4 Å². The fourth-order valence-electron chi connectivity index (χ4n) is 1.88. The van der Waals surface area contributed by atoms with E-state index in [0.717, 1.165) is 24.2 Å². The van der Waals surface area contributed by atoms with Crippen molar-refractivity contribution in [3.8, 4) is 0 Å². The van der Waals surface area contributed by atoms with Crippen molar-refractivity contribution in [3.63, 3.8) is 0 Å². The van der Waals surface area contributed by atoms with E-state index in [-0.39, 0.29) is 0 Å². The predicted molar refractivity (Wildman–Crippen MR) is 52.5 cm³/mol. The second-order valence-electron chi connectivity index (χ2n) is 3.32. The average Bonchev–Trinajstić information content (AvgIpc) is 2.67. The van der Waals surface area contributed by atoms with Crippen molar-refractivity contribution in [2.75, 3.05) is 0 Å². The van der Waals surface area contributed by atoms with E-state index in [1.807, 2.05) is 24.4 Å². The molecule has 68 valence electrons. The molecular weight excluding hydrogens is 162 g/mol. The molecule has 0 amide bonds. The lowest BCUT2D eigenvalue weighted by molar-refractivity contribution is 0.784. The number of nitrogens with two attached hydrogens (primary N) is 1. The van der Waals surface area contributed by atoms with E-state index < -0.39 is 0 Å². The molecule has 1 aliphatic rings. The second-order valence-corrected chi connectivity index (χ2v) is 3.32. The molecule has 2 rings (SSSR count). The van der Waals surface area contributed by atoms with Crippen LogP contribution in [0.1, 0.15) is 30.9 Å². The first-order valence-corrected chi connectivity index (χ1v) is 4.59. The van der Waals surface area contributed by atoms with Crippen LogP contribution in [0.5, 0.6) is 0 Å². The molecule has 1 aliphatic carbocycles. The molecule has 0 aliphatic heterocycles. The SMILES string of the molecule is N/N=C1/CCCC1c1ccccn1. The summed E-state index contributed by atoms with van der Waals surface area (Å²) < 4.78 is 0. The van der Waals surface area contributed by atoms with Crippen LogP contribution >= 0.6 is 0 Å². The summed E-state index contributed by atoms with van der Waals surface area (Å²) in [6.45, 7) is 0. The Balaban J connectivity index is 2.27. The van der Waals surface area contributed by atoms with Gasteiger partial charge < -0.3 is 5.84 Å². The van der Waals surface area contributed by atoms with Gasteiger partial charge in [0.05, 0.1) is 0 Å². The summed E-state index contributed by atoms with van der Waals surface area (Å²) in [5.41, 5.74) is 2.20. The largest absolute Gasteiger partial charge is 0.323 e. The first kappa shape index (κ1) is 8.23. The zero-order chi connectivity index (χ0) is 9.10. The number of hydrogen-bond acceptors (Lipinski definition) is 3. The molecule has 0 spiro atoms. The smallest absolute Gasteiger partial charge is 0.0491 e. The minimum absolute atomic E-state index is 0.367. The summed E-state index contributed by atoms with van der Waals surface area (Å²) in [7, 11) is 0. The monoisotopic (exact) mass is 175 g/mol. The molecule has 1 saturated carbocycles. The second kappa shape index (κ2) is 3.56. The Bertz CT molecular complexity index is 305. The Morgan fingerprint density at radius 1 is 1.46 bits per heavy atom. The average molecular weight is 175 g/mol. The van der Waals surface area contributed by atoms with Crippen LogP contribution in [0.25, 0.3) is 0 Å². The molecule has 1 fully saturated rings. The van der Waals surface area contributed by atoms with Crippen LogP contribution in [0.15, 0.2) is 29.5 Å². The molecule has 1 unspecified atom stereocenters. The Morgan fingerprint density at radius 2 is 2.38 bits per heavy atom. The van der Waals surface area contributed by atoms with Crippen molar-refractivity contribution in [3.05, 3.63) is 30.1 Å². The van der Waals surface area contributed by atoms with Crippen LogP contribution in [0.4, 0.5) is 0 Å². The molecule has 1 heterocycles. The molecule has 13 heavy (non-hydrogen) atoms. The molecule has 3 heteroatoms. The highest BCUT2D eigenvalue weighted by Crippen LogP contribution is 2.30. The maximum absolute atomic E-state index is 5.32. The van der Waals surface area contributed by atoms with E-state index in [9.17, 15) is 0 Å². The van der Waals surface area contributed by atoms with Gasteiger partial charge in [0.2, 0.25) is 0 Å². The van der Waals surface area contributed by atoms with Gasteiger partial charge in [0.1, 0.15) is 0 Å². The highest BCUT2D eigenvalue weighted by molar-refractivity contribution is 5.92. The highest BCUT2D eigenvalue weighted by atomic mass is 15.1. The van der Waals surface area contributed by atoms with Crippen LogP contribution in [0.3, 0.4) is 0 Å². The van der Waals surface area contributed by atoms with Gasteiger partial charge >= 0.3 is 0 Å². The minimum atomic E-state index is 0.367. The molecule has 0 radical (unpaired) electrons. The standard InChI is InChI=1S/C10H13N3/c11-13-10-6-3-4-8(10)9-5-1-2-7-12-9/h1-2,5,7-8H,3-4,6,11H2/b13-10-. The molecule has 1 aromatic heterocycles. The molecular formula is C10H13N3. The lowest BCUT2D eigenvalue weighted by atomic mass is 10.0. The summed E-state index contributed by atoms with van der Waals surface area (Å²) in [5.74, 6) is 5.69. The molecule has 3 nitrogen and oxygen atoms in total. The highest BCUT2D eigenvalue weighted by Gasteiger charge is 2.24. The third kappa shape index (κ3) is 1.54. The third-order valence-corrected chi connectivity index (χ3v) is 2.54. The fraction of sp³-hybridized carbons (Fsp3) is 0.400. The molecule has 0 saturated heterocycles. The number of nitrogens with zero attached hydrogens (tertiary/aromatic N) is 2. The molecule has 0 bridgehead atoms. The number of rotatable bonds is 1. The maximum Gasteiger partial charge on any atom is 0.0491 e. The Kier molecular flexibility index (Phi) is 2.25.